The first-order valence-electron chi connectivity index (χ1n) is 6.37. The Balaban J connectivity index is 2.05. The zero-order chi connectivity index (χ0) is 15.5. The molecule has 0 aliphatic carbocycles. The molecule has 0 saturated carbocycles. The Morgan fingerprint density at radius 3 is 2.43 bits per heavy atom. The molecule has 0 spiro atoms. The minimum Gasteiger partial charge on any atom is -0.406 e. The average Bonchev–Trinajstić information content (AvgIpc) is 2.40. The second kappa shape index (κ2) is 6.13. The number of hydrogen-bond donors (Lipinski definition) is 1. The van der Waals surface area contributed by atoms with Gasteiger partial charge < -0.3 is 10.5 Å². The monoisotopic (exact) mass is 296 g/mol. The number of benzene rings is 1. The highest BCUT2D eigenvalue weighted by Gasteiger charge is 2.30. The maximum Gasteiger partial charge on any atom is 0.573 e. The highest BCUT2D eigenvalue weighted by Crippen LogP contribution is 2.24. The van der Waals surface area contributed by atoms with Gasteiger partial charge in [0.05, 0.1) is 0 Å². The molecule has 1 heterocycles. The summed E-state index contributed by atoms with van der Waals surface area (Å²) in [6.45, 7) is 1.87. The SMILES string of the molecule is Cc1ncccc1C(N)Cc1ccc(OC(F)(F)F)cc1. The van der Waals surface area contributed by atoms with Gasteiger partial charge in [-0.05, 0) is 42.7 Å². The zero-order valence-electron chi connectivity index (χ0n) is 11.4. The Bertz CT molecular complexity index is 597. The van der Waals surface area contributed by atoms with E-state index >= 15 is 0 Å². The molecule has 0 amide bonds. The van der Waals surface area contributed by atoms with E-state index in [-0.39, 0.29) is 11.8 Å². The molecule has 0 fully saturated rings. The normalized spacial score (nSPS) is 13.0. The molecule has 2 rings (SSSR count). The molecule has 2 N–H and O–H groups in total. The summed E-state index contributed by atoms with van der Waals surface area (Å²) in [7, 11) is 0. The van der Waals surface area contributed by atoms with Crippen molar-refractivity contribution in [1.29, 1.82) is 0 Å². The Kier molecular flexibility index (Phi) is 4.47. The largest absolute Gasteiger partial charge is 0.573 e. The first kappa shape index (κ1) is 15.3. The Morgan fingerprint density at radius 2 is 1.86 bits per heavy atom. The van der Waals surface area contributed by atoms with Crippen molar-refractivity contribution in [2.24, 2.45) is 5.73 Å². The molecule has 0 bridgehead atoms. The van der Waals surface area contributed by atoms with Crippen LogP contribution in [0.2, 0.25) is 0 Å². The smallest absolute Gasteiger partial charge is 0.406 e. The molecule has 0 aliphatic rings. The molecule has 112 valence electrons. The molecule has 21 heavy (non-hydrogen) atoms. The van der Waals surface area contributed by atoms with Gasteiger partial charge in [0.15, 0.2) is 0 Å². The van der Waals surface area contributed by atoms with Crippen LogP contribution < -0.4 is 10.5 Å². The number of ether oxygens (including phenoxy) is 1. The van der Waals surface area contributed by atoms with Gasteiger partial charge in [-0.3, -0.25) is 4.98 Å². The van der Waals surface area contributed by atoms with Gasteiger partial charge in [-0.1, -0.05) is 18.2 Å². The summed E-state index contributed by atoms with van der Waals surface area (Å²) in [6.07, 6.45) is -2.47. The third-order valence-electron chi connectivity index (χ3n) is 3.06. The Labute approximate surface area is 120 Å². The zero-order valence-corrected chi connectivity index (χ0v) is 11.4. The summed E-state index contributed by atoms with van der Waals surface area (Å²) in [4.78, 5) is 4.17. The van der Waals surface area contributed by atoms with E-state index in [1.54, 1.807) is 18.3 Å². The summed E-state index contributed by atoms with van der Waals surface area (Å²) in [5.74, 6) is -0.239. The van der Waals surface area contributed by atoms with Crippen molar-refractivity contribution in [3.8, 4) is 5.75 Å². The van der Waals surface area contributed by atoms with E-state index in [2.05, 4.69) is 9.72 Å². The maximum absolute atomic E-state index is 12.1. The molecule has 3 nitrogen and oxygen atoms in total. The number of aryl methyl sites for hydroxylation is 1. The molecular formula is C15H15F3N2O. The van der Waals surface area contributed by atoms with Gasteiger partial charge >= 0.3 is 6.36 Å². The standard InChI is InChI=1S/C15H15F3N2O/c1-10-13(3-2-8-20-10)14(19)9-11-4-6-12(7-5-11)21-15(16,17)18/h2-8,14H,9,19H2,1H3. The van der Waals surface area contributed by atoms with Crippen molar-refractivity contribution in [2.45, 2.75) is 25.7 Å². The van der Waals surface area contributed by atoms with Crippen molar-refractivity contribution >= 4 is 0 Å². The van der Waals surface area contributed by atoms with Crippen LogP contribution in [0.4, 0.5) is 13.2 Å². The second-order valence-corrected chi connectivity index (χ2v) is 4.68. The van der Waals surface area contributed by atoms with E-state index in [0.717, 1.165) is 16.8 Å². The Hall–Kier alpha value is -2.08. The number of aromatic nitrogens is 1. The van der Waals surface area contributed by atoms with Crippen LogP contribution in [0, 0.1) is 6.92 Å². The van der Waals surface area contributed by atoms with Crippen molar-refractivity contribution < 1.29 is 17.9 Å². The summed E-state index contributed by atoms with van der Waals surface area (Å²) >= 11 is 0. The number of rotatable bonds is 4. The summed E-state index contributed by atoms with van der Waals surface area (Å²) < 4.78 is 40.0. The summed E-state index contributed by atoms with van der Waals surface area (Å²) in [6, 6.07) is 9.17. The lowest BCUT2D eigenvalue weighted by Crippen LogP contribution is -2.17. The fourth-order valence-electron chi connectivity index (χ4n) is 2.08. The van der Waals surface area contributed by atoms with E-state index < -0.39 is 6.36 Å². The van der Waals surface area contributed by atoms with Crippen LogP contribution in [0.3, 0.4) is 0 Å². The van der Waals surface area contributed by atoms with Crippen molar-refractivity contribution in [1.82, 2.24) is 4.98 Å². The van der Waals surface area contributed by atoms with E-state index in [9.17, 15) is 13.2 Å². The van der Waals surface area contributed by atoms with Crippen molar-refractivity contribution in [3.63, 3.8) is 0 Å². The van der Waals surface area contributed by atoms with Gasteiger partial charge in [0.2, 0.25) is 0 Å². The number of alkyl halides is 3. The lowest BCUT2D eigenvalue weighted by atomic mass is 9.99. The highest BCUT2D eigenvalue weighted by molar-refractivity contribution is 5.30. The van der Waals surface area contributed by atoms with Crippen LogP contribution in [0.25, 0.3) is 0 Å². The minimum atomic E-state index is -4.68. The quantitative estimate of drug-likeness (QED) is 0.939. The van der Waals surface area contributed by atoms with Gasteiger partial charge in [0.25, 0.3) is 0 Å². The van der Waals surface area contributed by atoms with Gasteiger partial charge in [-0.15, -0.1) is 13.2 Å². The molecule has 0 saturated heterocycles. The first-order valence-corrected chi connectivity index (χ1v) is 6.37. The molecule has 1 atom stereocenters. The molecule has 1 unspecified atom stereocenters. The average molecular weight is 296 g/mol. The topological polar surface area (TPSA) is 48.1 Å². The van der Waals surface area contributed by atoms with Crippen LogP contribution in [0.1, 0.15) is 22.9 Å². The van der Waals surface area contributed by atoms with Crippen LogP contribution >= 0.6 is 0 Å². The summed E-state index contributed by atoms with van der Waals surface area (Å²) in [5, 5.41) is 0. The predicted octanol–water partition coefficient (Wildman–Crippen LogP) is 3.53. The molecule has 2 aromatic rings. The molecular weight excluding hydrogens is 281 g/mol. The maximum atomic E-state index is 12.1. The second-order valence-electron chi connectivity index (χ2n) is 4.68. The third-order valence-corrected chi connectivity index (χ3v) is 3.06. The van der Waals surface area contributed by atoms with Crippen LogP contribution in [-0.2, 0) is 6.42 Å². The molecule has 1 aromatic heterocycles. The Morgan fingerprint density at radius 1 is 1.19 bits per heavy atom. The minimum absolute atomic E-state index is 0.239. The predicted molar refractivity (Wildman–Crippen MR) is 72.7 cm³/mol. The number of nitrogens with zero attached hydrogens (tertiary/aromatic N) is 1. The van der Waals surface area contributed by atoms with Crippen molar-refractivity contribution in [3.05, 3.63) is 59.4 Å². The molecule has 0 aliphatic heterocycles. The van der Waals surface area contributed by atoms with Crippen LogP contribution in [-0.4, -0.2) is 11.3 Å². The third kappa shape index (κ3) is 4.46. The molecule has 6 heteroatoms. The lowest BCUT2D eigenvalue weighted by Gasteiger charge is -2.14. The van der Waals surface area contributed by atoms with E-state index in [4.69, 9.17) is 5.73 Å². The van der Waals surface area contributed by atoms with Crippen LogP contribution in [0.5, 0.6) is 5.75 Å². The fourth-order valence-corrected chi connectivity index (χ4v) is 2.08. The summed E-state index contributed by atoms with van der Waals surface area (Å²) in [5.41, 5.74) is 8.72. The van der Waals surface area contributed by atoms with Crippen LogP contribution in [0.15, 0.2) is 42.6 Å². The van der Waals surface area contributed by atoms with E-state index in [1.165, 1.54) is 12.1 Å². The van der Waals surface area contributed by atoms with Gasteiger partial charge in [0, 0.05) is 17.9 Å². The molecule has 0 radical (unpaired) electrons. The van der Waals surface area contributed by atoms with Gasteiger partial charge in [0.1, 0.15) is 5.75 Å². The number of pyridine rings is 1. The molecule has 1 aromatic carbocycles. The number of hydrogen-bond acceptors (Lipinski definition) is 3. The van der Waals surface area contributed by atoms with Gasteiger partial charge in [-0.2, -0.15) is 0 Å². The lowest BCUT2D eigenvalue weighted by molar-refractivity contribution is -0.274. The fraction of sp³-hybridized carbons (Fsp3) is 0.267. The van der Waals surface area contributed by atoms with Crippen molar-refractivity contribution in [2.75, 3.05) is 0 Å². The van der Waals surface area contributed by atoms with Gasteiger partial charge in [-0.25, -0.2) is 0 Å². The first-order chi connectivity index (χ1) is 9.85. The number of nitrogens with two attached hydrogens (primary N) is 1. The van der Waals surface area contributed by atoms with E-state index in [1.807, 2.05) is 19.1 Å². The number of halogens is 3. The highest BCUT2D eigenvalue weighted by atomic mass is 19.4. The van der Waals surface area contributed by atoms with E-state index in [0.29, 0.717) is 6.42 Å².